The molecule has 0 radical (unpaired) electrons. The zero-order valence-corrected chi connectivity index (χ0v) is 19.2. The van der Waals surface area contributed by atoms with Crippen molar-refractivity contribution in [3.05, 3.63) is 59.7 Å². The maximum absolute atomic E-state index is 12.8. The van der Waals surface area contributed by atoms with E-state index in [1.807, 2.05) is 52.7 Å². The highest BCUT2D eigenvalue weighted by atomic mass is 32.2. The van der Waals surface area contributed by atoms with Crippen LogP contribution < -0.4 is 4.74 Å². The fourth-order valence-corrected chi connectivity index (χ4v) is 8.21. The summed E-state index contributed by atoms with van der Waals surface area (Å²) in [6, 6.07) is 14.6. The van der Waals surface area contributed by atoms with Gasteiger partial charge in [-0.1, -0.05) is 24.3 Å². The van der Waals surface area contributed by atoms with E-state index in [2.05, 4.69) is 4.40 Å². The molecule has 162 valence electrons. The van der Waals surface area contributed by atoms with Gasteiger partial charge in [-0.25, -0.2) is 0 Å². The molecular weight excluding hydrogens is 452 g/mol. The van der Waals surface area contributed by atoms with Crippen molar-refractivity contribution in [2.75, 3.05) is 24.6 Å². The summed E-state index contributed by atoms with van der Waals surface area (Å²) >= 11 is 3.88. The van der Waals surface area contributed by atoms with Gasteiger partial charge in [0.25, 0.3) is 10.0 Å². The lowest BCUT2D eigenvalue weighted by Crippen LogP contribution is -2.43. The van der Waals surface area contributed by atoms with Crippen LogP contribution in [0.4, 0.5) is 0 Å². The Hall–Kier alpha value is -1.97. The summed E-state index contributed by atoms with van der Waals surface area (Å²) in [6.45, 7) is 1.06. The van der Waals surface area contributed by atoms with E-state index in [1.165, 1.54) is 17.1 Å². The minimum Gasteiger partial charge on any atom is -0.426 e. The van der Waals surface area contributed by atoms with Gasteiger partial charge in [-0.15, -0.1) is 27.9 Å². The largest absolute Gasteiger partial charge is 0.426 e. The number of esters is 1. The van der Waals surface area contributed by atoms with Crippen LogP contribution >= 0.6 is 23.5 Å². The van der Waals surface area contributed by atoms with Crippen LogP contribution in [0.5, 0.6) is 5.75 Å². The summed E-state index contributed by atoms with van der Waals surface area (Å²) in [5.41, 5.74) is 1.85. The molecule has 2 saturated heterocycles. The molecule has 2 aromatic carbocycles. The van der Waals surface area contributed by atoms with Crippen LogP contribution in [0.2, 0.25) is 0 Å². The van der Waals surface area contributed by atoms with Crippen molar-refractivity contribution in [3.8, 4) is 5.75 Å². The Morgan fingerprint density at radius 1 is 1.06 bits per heavy atom. The zero-order chi connectivity index (χ0) is 21.4. The Morgan fingerprint density at radius 3 is 2.58 bits per heavy atom. The molecule has 3 heterocycles. The summed E-state index contributed by atoms with van der Waals surface area (Å²) in [5.74, 6) is 2.71. The second kappa shape index (κ2) is 8.52. The number of piperidine rings is 1. The summed E-state index contributed by atoms with van der Waals surface area (Å²) in [7, 11) is -3.67. The molecule has 0 saturated carbocycles. The Bertz CT molecular complexity index is 1130. The van der Waals surface area contributed by atoms with Gasteiger partial charge in [0.05, 0.1) is 10.5 Å². The molecule has 31 heavy (non-hydrogen) atoms. The van der Waals surface area contributed by atoms with Gasteiger partial charge < -0.3 is 9.64 Å². The van der Waals surface area contributed by atoms with E-state index in [9.17, 15) is 13.2 Å². The number of carbonyl (C=O) groups is 1. The average Bonchev–Trinajstić information content (AvgIpc) is 3.41. The van der Waals surface area contributed by atoms with E-state index in [0.29, 0.717) is 41.2 Å². The van der Waals surface area contributed by atoms with E-state index < -0.39 is 10.0 Å². The monoisotopic (exact) mass is 474 g/mol. The van der Waals surface area contributed by atoms with E-state index in [0.717, 1.165) is 6.42 Å². The number of rotatable bonds is 3. The fraction of sp³-hybridized carbons (Fsp3) is 0.364. The molecule has 0 aromatic heterocycles. The predicted molar refractivity (Wildman–Crippen MR) is 124 cm³/mol. The number of amidine groups is 1. The molecule has 0 aliphatic carbocycles. The van der Waals surface area contributed by atoms with Gasteiger partial charge in [0.1, 0.15) is 10.6 Å². The van der Waals surface area contributed by atoms with Crippen molar-refractivity contribution in [2.24, 2.45) is 10.3 Å². The van der Waals surface area contributed by atoms with Gasteiger partial charge in [0, 0.05) is 30.2 Å². The quantitative estimate of drug-likeness (QED) is 0.493. The number of likely N-dealkylation sites (tertiary alicyclic amines) is 1. The van der Waals surface area contributed by atoms with Crippen LogP contribution in [0.25, 0.3) is 0 Å². The van der Waals surface area contributed by atoms with Crippen molar-refractivity contribution in [1.82, 2.24) is 4.90 Å². The molecule has 0 bridgehead atoms. The van der Waals surface area contributed by atoms with Gasteiger partial charge in [0.15, 0.2) is 5.84 Å². The third-order valence-electron chi connectivity index (χ3n) is 5.66. The first-order chi connectivity index (χ1) is 15.0. The van der Waals surface area contributed by atoms with Gasteiger partial charge in [0.2, 0.25) is 0 Å². The van der Waals surface area contributed by atoms with Crippen LogP contribution in [-0.2, 0) is 14.8 Å². The number of thioether (sulfide) groups is 2. The Morgan fingerprint density at radius 2 is 1.81 bits per heavy atom. The molecule has 5 rings (SSSR count). The van der Waals surface area contributed by atoms with Crippen molar-refractivity contribution >= 4 is 45.4 Å². The van der Waals surface area contributed by atoms with Crippen molar-refractivity contribution in [1.29, 1.82) is 0 Å². The summed E-state index contributed by atoms with van der Waals surface area (Å²) in [6.07, 6.45) is 1.49. The Balaban J connectivity index is 1.27. The predicted octanol–water partition coefficient (Wildman–Crippen LogP) is 3.93. The first-order valence-corrected chi connectivity index (χ1v) is 13.8. The molecule has 1 unspecified atom stereocenters. The number of carbonyl (C=O) groups excluding carboxylic acids is 1. The van der Waals surface area contributed by atoms with Crippen LogP contribution in [-0.4, -0.2) is 49.7 Å². The second-order valence-corrected chi connectivity index (χ2v) is 12.0. The summed E-state index contributed by atoms with van der Waals surface area (Å²) < 4.78 is 34.9. The highest BCUT2D eigenvalue weighted by Crippen LogP contribution is 2.45. The standard InChI is InChI=1S/C22H22N2O4S3/c25-21(28-17-9-7-15(8-10-17)22-29-12-13-30-22)16-4-3-11-24(14-16)20-18-5-1-2-6-19(18)31(26,27)23-20/h1-2,5-10,16,22H,3-4,11-14H2. The van der Waals surface area contributed by atoms with Gasteiger partial charge in [-0.2, -0.15) is 8.42 Å². The fourth-order valence-electron chi connectivity index (χ4n) is 4.12. The van der Waals surface area contributed by atoms with E-state index in [-0.39, 0.29) is 16.8 Å². The van der Waals surface area contributed by atoms with Crippen molar-refractivity contribution in [3.63, 3.8) is 0 Å². The number of fused-ring (bicyclic) bond motifs is 1. The average molecular weight is 475 g/mol. The highest BCUT2D eigenvalue weighted by Gasteiger charge is 2.35. The summed E-state index contributed by atoms with van der Waals surface area (Å²) in [5, 5.41) is 0. The number of hydrogen-bond acceptors (Lipinski definition) is 7. The highest BCUT2D eigenvalue weighted by molar-refractivity contribution is 8.19. The normalized spacial score (nSPS) is 22.8. The smallest absolute Gasteiger partial charge is 0.316 e. The van der Waals surface area contributed by atoms with Crippen LogP contribution in [0.1, 0.15) is 28.6 Å². The van der Waals surface area contributed by atoms with Gasteiger partial charge in [-0.05, 0) is 42.7 Å². The Labute approximate surface area is 190 Å². The van der Waals surface area contributed by atoms with Gasteiger partial charge >= 0.3 is 5.97 Å². The lowest BCUT2D eigenvalue weighted by atomic mass is 9.97. The maximum atomic E-state index is 12.8. The molecule has 0 spiro atoms. The van der Waals surface area contributed by atoms with Crippen LogP contribution in [0.3, 0.4) is 0 Å². The SMILES string of the molecule is O=C(Oc1ccc(C2SCCS2)cc1)C1CCCN(C2=NS(=O)(=O)c3ccccc32)C1. The molecule has 2 aromatic rings. The molecule has 6 nitrogen and oxygen atoms in total. The number of sulfonamides is 1. The molecular formula is C22H22N2O4S3. The molecule has 3 aliphatic heterocycles. The minimum absolute atomic E-state index is 0.230. The number of nitrogens with zero attached hydrogens (tertiary/aromatic N) is 2. The van der Waals surface area contributed by atoms with Gasteiger partial charge in [-0.3, -0.25) is 4.79 Å². The zero-order valence-electron chi connectivity index (χ0n) is 16.8. The second-order valence-electron chi connectivity index (χ2n) is 7.73. The lowest BCUT2D eigenvalue weighted by Gasteiger charge is -2.32. The Kier molecular flexibility index (Phi) is 5.75. The first kappa shape index (κ1) is 20.9. The van der Waals surface area contributed by atoms with Crippen LogP contribution in [0.15, 0.2) is 57.8 Å². The molecule has 0 amide bonds. The third-order valence-corrected chi connectivity index (χ3v) is 10.1. The van der Waals surface area contributed by atoms with E-state index >= 15 is 0 Å². The maximum Gasteiger partial charge on any atom is 0.316 e. The third kappa shape index (κ3) is 4.23. The minimum atomic E-state index is -3.67. The summed E-state index contributed by atoms with van der Waals surface area (Å²) in [4.78, 5) is 15.0. The molecule has 2 fully saturated rings. The number of hydrogen-bond donors (Lipinski definition) is 0. The molecule has 1 atom stereocenters. The molecule has 3 aliphatic rings. The number of ether oxygens (including phenoxy) is 1. The first-order valence-electron chi connectivity index (χ1n) is 10.3. The van der Waals surface area contributed by atoms with Crippen molar-refractivity contribution in [2.45, 2.75) is 22.3 Å². The van der Waals surface area contributed by atoms with Crippen LogP contribution in [0, 0.1) is 5.92 Å². The van der Waals surface area contributed by atoms with Crippen molar-refractivity contribution < 1.29 is 17.9 Å². The number of benzene rings is 2. The lowest BCUT2D eigenvalue weighted by molar-refractivity contribution is -0.140. The molecule has 9 heteroatoms. The molecule has 0 N–H and O–H groups in total. The van der Waals surface area contributed by atoms with E-state index in [1.54, 1.807) is 24.3 Å². The van der Waals surface area contributed by atoms with E-state index in [4.69, 9.17) is 4.74 Å². The topological polar surface area (TPSA) is 76.0 Å².